The summed E-state index contributed by atoms with van der Waals surface area (Å²) in [4.78, 5) is 17.3. The van der Waals surface area contributed by atoms with Gasteiger partial charge in [0, 0.05) is 11.3 Å². The largest absolute Gasteiger partial charge is 0.497 e. The van der Waals surface area contributed by atoms with E-state index in [2.05, 4.69) is 20.8 Å². The summed E-state index contributed by atoms with van der Waals surface area (Å²) in [7, 11) is 1.59. The first-order valence-corrected chi connectivity index (χ1v) is 8.89. The Hall–Kier alpha value is -1.88. The number of aliphatic hydroxyl groups excluding tert-OH is 1. The molecule has 25 heavy (non-hydrogen) atoms. The number of nitrogens with zero attached hydrogens (tertiary/aromatic N) is 1. The van der Waals surface area contributed by atoms with Crippen LogP contribution in [0.3, 0.4) is 0 Å². The molecule has 1 aromatic carbocycles. The lowest BCUT2D eigenvalue weighted by molar-refractivity contribution is -0.158. The zero-order valence-electron chi connectivity index (χ0n) is 15.2. The van der Waals surface area contributed by atoms with Crippen LogP contribution in [0.4, 0.5) is 0 Å². The number of aliphatic hydroxyl groups is 1. The van der Waals surface area contributed by atoms with Crippen LogP contribution in [0.1, 0.15) is 45.3 Å². The van der Waals surface area contributed by atoms with Crippen LogP contribution in [-0.2, 0) is 9.53 Å². The minimum Gasteiger partial charge on any atom is -0.497 e. The van der Waals surface area contributed by atoms with E-state index in [0.29, 0.717) is 17.2 Å². The summed E-state index contributed by atoms with van der Waals surface area (Å²) in [6.45, 7) is 6.69. The fraction of sp³-hybridized carbons (Fsp3) is 0.600. The van der Waals surface area contributed by atoms with Gasteiger partial charge in [0.05, 0.1) is 12.8 Å². The molecule has 0 aromatic heterocycles. The van der Waals surface area contributed by atoms with Crippen LogP contribution >= 0.6 is 0 Å². The highest BCUT2D eigenvalue weighted by molar-refractivity contribution is 6.01. The van der Waals surface area contributed by atoms with Crippen molar-refractivity contribution in [2.45, 2.75) is 51.9 Å². The van der Waals surface area contributed by atoms with E-state index in [1.165, 1.54) is 0 Å². The van der Waals surface area contributed by atoms with Crippen molar-refractivity contribution in [3.8, 4) is 5.75 Å². The molecule has 5 heteroatoms. The Balaban J connectivity index is 1.67. The fourth-order valence-corrected chi connectivity index (χ4v) is 4.95. The van der Waals surface area contributed by atoms with Crippen LogP contribution in [-0.4, -0.2) is 36.0 Å². The van der Waals surface area contributed by atoms with Gasteiger partial charge in [-0.2, -0.15) is 0 Å². The van der Waals surface area contributed by atoms with Crippen molar-refractivity contribution in [2.75, 3.05) is 7.11 Å². The molecule has 1 aromatic rings. The third kappa shape index (κ3) is 2.11. The Bertz CT molecular complexity index is 739. The summed E-state index contributed by atoms with van der Waals surface area (Å²) in [5, 5.41) is 10.7. The lowest BCUT2D eigenvalue weighted by atomic mass is 9.70. The lowest BCUT2D eigenvalue weighted by Crippen LogP contribution is -2.47. The monoisotopic (exact) mass is 343 g/mol. The second kappa shape index (κ2) is 5.31. The molecule has 134 valence electrons. The highest BCUT2D eigenvalue weighted by atomic mass is 16.6. The van der Waals surface area contributed by atoms with Crippen molar-refractivity contribution in [3.05, 3.63) is 29.8 Å². The second-order valence-corrected chi connectivity index (χ2v) is 8.26. The van der Waals surface area contributed by atoms with Crippen LogP contribution in [0.15, 0.2) is 29.3 Å². The summed E-state index contributed by atoms with van der Waals surface area (Å²) < 4.78 is 11.0. The highest BCUT2D eigenvalue weighted by Gasteiger charge is 2.67. The van der Waals surface area contributed by atoms with Crippen molar-refractivity contribution in [3.63, 3.8) is 0 Å². The Morgan fingerprint density at radius 1 is 1.28 bits per heavy atom. The van der Waals surface area contributed by atoms with Gasteiger partial charge in [0.2, 0.25) is 0 Å². The normalized spacial score (nSPS) is 36.4. The molecule has 5 atom stereocenters. The summed E-state index contributed by atoms with van der Waals surface area (Å²) in [5.41, 5.74) is 1.59. The molecule has 1 heterocycles. The molecule has 2 aliphatic carbocycles. The molecular formula is C20H25NO4. The van der Waals surface area contributed by atoms with Crippen molar-refractivity contribution in [1.82, 2.24) is 0 Å². The number of fused-ring (bicyclic) bond motifs is 5. The second-order valence-electron chi connectivity index (χ2n) is 8.26. The predicted octanol–water partition coefficient (Wildman–Crippen LogP) is 2.92. The van der Waals surface area contributed by atoms with Gasteiger partial charge in [-0.3, -0.25) is 4.99 Å². The number of rotatable bonds is 3. The van der Waals surface area contributed by atoms with Gasteiger partial charge in [0.15, 0.2) is 6.04 Å². The summed E-state index contributed by atoms with van der Waals surface area (Å²) in [6, 6.07) is 6.16. The minimum absolute atomic E-state index is 0.0523. The van der Waals surface area contributed by atoms with Crippen molar-refractivity contribution in [2.24, 2.45) is 21.7 Å². The summed E-state index contributed by atoms with van der Waals surface area (Å²) in [6.07, 6.45) is 0.865. The molecule has 1 unspecified atom stereocenters. The molecule has 0 amide bonds. The molecule has 2 saturated carbocycles. The van der Waals surface area contributed by atoms with E-state index in [4.69, 9.17) is 14.5 Å². The Labute approximate surface area is 148 Å². The first-order chi connectivity index (χ1) is 11.8. The smallest absolute Gasteiger partial charge is 0.334 e. The van der Waals surface area contributed by atoms with Gasteiger partial charge in [-0.1, -0.05) is 32.9 Å². The number of ether oxygens (including phenoxy) is 2. The Kier molecular flexibility index (Phi) is 3.52. The van der Waals surface area contributed by atoms with E-state index in [1.807, 2.05) is 0 Å². The predicted molar refractivity (Wildman–Crippen MR) is 93.7 cm³/mol. The molecule has 0 radical (unpaired) electrons. The number of methoxy groups -OCH3 is 1. The van der Waals surface area contributed by atoms with E-state index in [0.717, 1.165) is 18.6 Å². The molecule has 2 fully saturated rings. The van der Waals surface area contributed by atoms with E-state index < -0.39 is 18.1 Å². The van der Waals surface area contributed by atoms with Gasteiger partial charge in [-0.05, 0) is 36.0 Å². The molecular weight excluding hydrogens is 318 g/mol. The van der Waals surface area contributed by atoms with Crippen LogP contribution in [0.25, 0.3) is 0 Å². The van der Waals surface area contributed by atoms with E-state index in [1.54, 1.807) is 31.4 Å². The van der Waals surface area contributed by atoms with Gasteiger partial charge in [0.25, 0.3) is 0 Å². The first kappa shape index (κ1) is 16.6. The van der Waals surface area contributed by atoms with Gasteiger partial charge in [0.1, 0.15) is 18.0 Å². The highest BCUT2D eigenvalue weighted by Crippen LogP contribution is 2.65. The quantitative estimate of drug-likeness (QED) is 0.857. The third-order valence-electron chi connectivity index (χ3n) is 7.02. The van der Waals surface area contributed by atoms with Crippen LogP contribution < -0.4 is 4.74 Å². The molecule has 1 aliphatic heterocycles. The molecule has 0 saturated heterocycles. The van der Waals surface area contributed by atoms with Crippen LogP contribution in [0.5, 0.6) is 5.75 Å². The van der Waals surface area contributed by atoms with Crippen molar-refractivity contribution in [1.29, 1.82) is 0 Å². The van der Waals surface area contributed by atoms with E-state index in [9.17, 15) is 9.90 Å². The number of aliphatic imine (C=N–C) groups is 1. The minimum atomic E-state index is -1.01. The number of hydrogen-bond acceptors (Lipinski definition) is 5. The standard InChI is InChI=1S/C20H25NO4/c1-19(2)13-9-10-20(19,3)17-14(13)21-15(18(23)25-17)16(22)11-5-7-12(24-4)8-6-11/h5-8,13,15-17,22H,9-10H2,1-4H3/t13-,15-,16+,17?,20+/m1/s1. The number of carbonyl (C=O) groups is 1. The summed E-state index contributed by atoms with van der Waals surface area (Å²) in [5.74, 6) is 0.596. The van der Waals surface area contributed by atoms with Gasteiger partial charge >= 0.3 is 5.97 Å². The molecule has 4 rings (SSSR count). The van der Waals surface area contributed by atoms with Crippen molar-refractivity contribution < 1.29 is 19.4 Å². The maximum absolute atomic E-state index is 12.6. The number of esters is 1. The van der Waals surface area contributed by atoms with Gasteiger partial charge < -0.3 is 14.6 Å². The molecule has 3 aliphatic rings. The molecule has 2 bridgehead atoms. The SMILES string of the molecule is COc1ccc([C@H](O)[C@H]2N=C3C(OC2=O)[C@]2(C)CC[C@H]3C2(C)C)cc1. The van der Waals surface area contributed by atoms with Gasteiger partial charge in [-0.15, -0.1) is 0 Å². The number of carbonyl (C=O) groups excluding carboxylic acids is 1. The Morgan fingerprint density at radius 2 is 1.96 bits per heavy atom. The Morgan fingerprint density at radius 3 is 2.60 bits per heavy atom. The molecule has 5 nitrogen and oxygen atoms in total. The average Bonchev–Trinajstić information content (AvgIpc) is 2.93. The van der Waals surface area contributed by atoms with Crippen molar-refractivity contribution >= 4 is 11.7 Å². The maximum atomic E-state index is 12.6. The van der Waals surface area contributed by atoms with E-state index in [-0.39, 0.29) is 16.9 Å². The molecule has 0 spiro atoms. The lowest BCUT2D eigenvalue weighted by Gasteiger charge is -2.39. The summed E-state index contributed by atoms with van der Waals surface area (Å²) >= 11 is 0. The zero-order valence-corrected chi connectivity index (χ0v) is 15.2. The third-order valence-corrected chi connectivity index (χ3v) is 7.02. The zero-order chi connectivity index (χ0) is 18.0. The van der Waals surface area contributed by atoms with Crippen LogP contribution in [0.2, 0.25) is 0 Å². The maximum Gasteiger partial charge on any atom is 0.334 e. The topological polar surface area (TPSA) is 68.1 Å². The van der Waals surface area contributed by atoms with E-state index >= 15 is 0 Å². The van der Waals surface area contributed by atoms with Gasteiger partial charge in [-0.25, -0.2) is 4.79 Å². The first-order valence-electron chi connectivity index (χ1n) is 8.89. The molecule has 1 N–H and O–H groups in total. The number of hydrogen-bond donors (Lipinski definition) is 1. The van der Waals surface area contributed by atoms with Crippen LogP contribution in [0, 0.1) is 16.7 Å². The fourth-order valence-electron chi connectivity index (χ4n) is 4.95. The number of benzene rings is 1. The average molecular weight is 343 g/mol.